The van der Waals surface area contributed by atoms with Gasteiger partial charge in [0.15, 0.2) is 0 Å². The SMILES string of the molecule is Cc1ncc(C(=O)NC2CCc3ccccc3C2)c(N)n1. The number of hydrogen-bond donors (Lipinski definition) is 2. The Kier molecular flexibility index (Phi) is 3.56. The number of carbonyl (C=O) groups is 1. The van der Waals surface area contributed by atoms with E-state index in [4.69, 9.17) is 5.73 Å². The summed E-state index contributed by atoms with van der Waals surface area (Å²) < 4.78 is 0. The van der Waals surface area contributed by atoms with E-state index in [0.717, 1.165) is 19.3 Å². The van der Waals surface area contributed by atoms with E-state index in [9.17, 15) is 4.79 Å². The van der Waals surface area contributed by atoms with Crippen LogP contribution in [0.25, 0.3) is 0 Å². The molecule has 108 valence electrons. The number of benzene rings is 1. The summed E-state index contributed by atoms with van der Waals surface area (Å²) in [6.07, 6.45) is 4.27. The monoisotopic (exact) mass is 282 g/mol. The maximum atomic E-state index is 12.3. The topological polar surface area (TPSA) is 80.9 Å². The van der Waals surface area contributed by atoms with Crippen LogP contribution >= 0.6 is 0 Å². The van der Waals surface area contributed by atoms with E-state index < -0.39 is 0 Å². The Hall–Kier alpha value is -2.43. The van der Waals surface area contributed by atoms with Gasteiger partial charge >= 0.3 is 0 Å². The lowest BCUT2D eigenvalue weighted by atomic mass is 9.88. The van der Waals surface area contributed by atoms with Gasteiger partial charge in [-0.3, -0.25) is 4.79 Å². The molecule has 3 N–H and O–H groups in total. The van der Waals surface area contributed by atoms with Crippen molar-refractivity contribution in [2.45, 2.75) is 32.2 Å². The summed E-state index contributed by atoms with van der Waals surface area (Å²) in [6.45, 7) is 1.75. The van der Waals surface area contributed by atoms with Crippen LogP contribution in [0.15, 0.2) is 30.5 Å². The summed E-state index contributed by atoms with van der Waals surface area (Å²) in [4.78, 5) is 20.4. The van der Waals surface area contributed by atoms with Crippen LogP contribution in [-0.2, 0) is 12.8 Å². The molecule has 1 aromatic heterocycles. The van der Waals surface area contributed by atoms with E-state index >= 15 is 0 Å². The number of nitrogens with one attached hydrogen (secondary N) is 1. The lowest BCUT2D eigenvalue weighted by Crippen LogP contribution is -2.39. The molecule has 1 aliphatic carbocycles. The van der Waals surface area contributed by atoms with Crippen molar-refractivity contribution in [3.8, 4) is 0 Å². The minimum atomic E-state index is -0.197. The summed E-state index contributed by atoms with van der Waals surface area (Å²) >= 11 is 0. The highest BCUT2D eigenvalue weighted by Gasteiger charge is 2.21. The zero-order valence-electron chi connectivity index (χ0n) is 12.0. The standard InChI is InChI=1S/C16H18N4O/c1-10-18-9-14(15(17)19-10)16(21)20-13-7-6-11-4-2-3-5-12(11)8-13/h2-5,9,13H,6-8H2,1H3,(H,20,21)(H2,17,18,19). The van der Waals surface area contributed by atoms with Crippen LogP contribution in [0.2, 0.25) is 0 Å². The second-order valence-electron chi connectivity index (χ2n) is 5.40. The molecule has 3 rings (SSSR count). The average molecular weight is 282 g/mol. The number of hydrogen-bond acceptors (Lipinski definition) is 4. The number of amides is 1. The van der Waals surface area contributed by atoms with Crippen molar-refractivity contribution in [2.75, 3.05) is 5.73 Å². The molecule has 1 aliphatic rings. The molecule has 0 fully saturated rings. The fourth-order valence-electron chi connectivity index (χ4n) is 2.75. The first-order valence-electron chi connectivity index (χ1n) is 7.10. The molecular weight excluding hydrogens is 264 g/mol. The zero-order chi connectivity index (χ0) is 14.8. The normalized spacial score (nSPS) is 17.1. The van der Waals surface area contributed by atoms with Gasteiger partial charge in [0.1, 0.15) is 11.6 Å². The first kappa shape index (κ1) is 13.5. The van der Waals surface area contributed by atoms with Crippen LogP contribution in [0, 0.1) is 6.92 Å². The van der Waals surface area contributed by atoms with Crippen LogP contribution in [0.4, 0.5) is 5.82 Å². The van der Waals surface area contributed by atoms with Crippen LogP contribution in [0.1, 0.15) is 33.7 Å². The van der Waals surface area contributed by atoms with Crippen molar-refractivity contribution in [3.05, 3.63) is 53.0 Å². The first-order chi connectivity index (χ1) is 10.1. The minimum absolute atomic E-state index is 0.133. The van der Waals surface area contributed by atoms with Crippen LogP contribution in [0.5, 0.6) is 0 Å². The molecule has 1 heterocycles. The number of aromatic nitrogens is 2. The van der Waals surface area contributed by atoms with E-state index in [1.54, 1.807) is 6.92 Å². The van der Waals surface area contributed by atoms with Gasteiger partial charge in [-0.1, -0.05) is 24.3 Å². The first-order valence-corrected chi connectivity index (χ1v) is 7.10. The van der Waals surface area contributed by atoms with Crippen molar-refractivity contribution in [3.63, 3.8) is 0 Å². The Morgan fingerprint density at radius 2 is 2.10 bits per heavy atom. The molecule has 0 saturated carbocycles. The Morgan fingerprint density at radius 1 is 1.33 bits per heavy atom. The fourth-order valence-corrected chi connectivity index (χ4v) is 2.75. The molecule has 2 aromatic rings. The van der Waals surface area contributed by atoms with Gasteiger partial charge in [-0.25, -0.2) is 9.97 Å². The highest BCUT2D eigenvalue weighted by atomic mass is 16.1. The Morgan fingerprint density at radius 3 is 2.86 bits per heavy atom. The number of anilines is 1. The van der Waals surface area contributed by atoms with E-state index in [-0.39, 0.29) is 17.8 Å². The molecule has 0 bridgehead atoms. The van der Waals surface area contributed by atoms with Crippen LogP contribution in [-0.4, -0.2) is 21.9 Å². The van der Waals surface area contributed by atoms with Gasteiger partial charge in [-0.15, -0.1) is 0 Å². The average Bonchev–Trinajstić information content (AvgIpc) is 2.47. The Bertz CT molecular complexity index is 684. The van der Waals surface area contributed by atoms with Crippen molar-refractivity contribution in [1.29, 1.82) is 0 Å². The summed E-state index contributed by atoms with van der Waals surface area (Å²) in [7, 11) is 0. The van der Waals surface area contributed by atoms with E-state index in [1.165, 1.54) is 17.3 Å². The highest BCUT2D eigenvalue weighted by molar-refractivity contribution is 5.98. The van der Waals surface area contributed by atoms with Gasteiger partial charge in [0.05, 0.1) is 5.56 Å². The Labute approximate surface area is 123 Å². The molecule has 1 amide bonds. The quantitative estimate of drug-likeness (QED) is 0.877. The second-order valence-corrected chi connectivity index (χ2v) is 5.40. The number of nitrogens with two attached hydrogens (primary N) is 1. The fraction of sp³-hybridized carbons (Fsp3) is 0.312. The largest absolute Gasteiger partial charge is 0.383 e. The molecular formula is C16H18N4O. The third kappa shape index (κ3) is 2.86. The number of nitrogens with zero attached hydrogens (tertiary/aromatic N) is 2. The third-order valence-corrected chi connectivity index (χ3v) is 3.87. The molecule has 0 saturated heterocycles. The van der Waals surface area contributed by atoms with Gasteiger partial charge in [0.25, 0.3) is 5.91 Å². The highest BCUT2D eigenvalue weighted by Crippen LogP contribution is 2.21. The van der Waals surface area contributed by atoms with E-state index in [2.05, 4.69) is 33.5 Å². The van der Waals surface area contributed by atoms with E-state index in [1.807, 2.05) is 6.07 Å². The summed E-state index contributed by atoms with van der Waals surface area (Å²) in [6, 6.07) is 8.50. The molecule has 1 unspecified atom stereocenters. The maximum absolute atomic E-state index is 12.3. The number of nitrogen functional groups attached to an aromatic ring is 1. The van der Waals surface area contributed by atoms with Crippen molar-refractivity contribution in [1.82, 2.24) is 15.3 Å². The summed E-state index contributed by atoms with van der Waals surface area (Å²) in [5, 5.41) is 3.04. The Balaban J connectivity index is 1.71. The number of aryl methyl sites for hydroxylation is 2. The number of fused-ring (bicyclic) bond motifs is 1. The van der Waals surface area contributed by atoms with E-state index in [0.29, 0.717) is 11.4 Å². The predicted octanol–water partition coefficient (Wildman–Crippen LogP) is 1.65. The molecule has 0 spiro atoms. The number of rotatable bonds is 2. The molecule has 5 heteroatoms. The molecule has 1 atom stereocenters. The van der Waals surface area contributed by atoms with Gasteiger partial charge in [-0.05, 0) is 37.3 Å². The molecule has 0 aliphatic heterocycles. The van der Waals surface area contributed by atoms with Gasteiger partial charge < -0.3 is 11.1 Å². The van der Waals surface area contributed by atoms with Crippen LogP contribution < -0.4 is 11.1 Å². The lowest BCUT2D eigenvalue weighted by Gasteiger charge is -2.25. The second kappa shape index (κ2) is 5.52. The molecule has 5 nitrogen and oxygen atoms in total. The predicted molar refractivity (Wildman–Crippen MR) is 80.9 cm³/mol. The van der Waals surface area contributed by atoms with Crippen LogP contribution in [0.3, 0.4) is 0 Å². The number of carbonyl (C=O) groups excluding carboxylic acids is 1. The third-order valence-electron chi connectivity index (χ3n) is 3.87. The summed E-state index contributed by atoms with van der Waals surface area (Å²) in [5.74, 6) is 0.601. The summed E-state index contributed by atoms with van der Waals surface area (Å²) in [5.41, 5.74) is 8.82. The molecule has 1 aromatic carbocycles. The van der Waals surface area contributed by atoms with Crippen molar-refractivity contribution >= 4 is 11.7 Å². The van der Waals surface area contributed by atoms with Crippen molar-refractivity contribution < 1.29 is 4.79 Å². The lowest BCUT2D eigenvalue weighted by molar-refractivity contribution is 0.0934. The zero-order valence-corrected chi connectivity index (χ0v) is 12.0. The van der Waals surface area contributed by atoms with Gasteiger partial charge in [-0.2, -0.15) is 0 Å². The molecule has 21 heavy (non-hydrogen) atoms. The van der Waals surface area contributed by atoms with Gasteiger partial charge in [0.2, 0.25) is 0 Å². The minimum Gasteiger partial charge on any atom is -0.383 e. The van der Waals surface area contributed by atoms with Gasteiger partial charge in [0, 0.05) is 12.2 Å². The van der Waals surface area contributed by atoms with Crippen molar-refractivity contribution in [2.24, 2.45) is 0 Å². The molecule has 0 radical (unpaired) electrons. The smallest absolute Gasteiger partial charge is 0.256 e. The maximum Gasteiger partial charge on any atom is 0.256 e.